The van der Waals surface area contributed by atoms with Gasteiger partial charge in [-0.25, -0.2) is 0 Å². The SMILES string of the molecule is CCCCNC(=O)c1ccc[nH]1. The first kappa shape index (κ1) is 8.84. The molecule has 0 bridgehead atoms. The highest BCUT2D eigenvalue weighted by atomic mass is 16.1. The zero-order chi connectivity index (χ0) is 8.81. The van der Waals surface area contributed by atoms with Crippen LogP contribution >= 0.6 is 0 Å². The van der Waals surface area contributed by atoms with Crippen molar-refractivity contribution >= 4 is 5.91 Å². The predicted octanol–water partition coefficient (Wildman–Crippen LogP) is 1.54. The monoisotopic (exact) mass is 166 g/mol. The van der Waals surface area contributed by atoms with E-state index >= 15 is 0 Å². The number of H-pyrrole nitrogens is 1. The minimum absolute atomic E-state index is 0.0200. The second kappa shape index (κ2) is 4.59. The van der Waals surface area contributed by atoms with Crippen molar-refractivity contribution in [3.63, 3.8) is 0 Å². The molecule has 3 nitrogen and oxygen atoms in total. The van der Waals surface area contributed by atoms with Crippen molar-refractivity contribution in [3.8, 4) is 0 Å². The number of carbonyl (C=O) groups is 1. The molecular formula is C9H14N2O. The van der Waals surface area contributed by atoms with Crippen molar-refractivity contribution in [3.05, 3.63) is 24.0 Å². The molecule has 0 aromatic carbocycles. The quantitative estimate of drug-likeness (QED) is 0.655. The van der Waals surface area contributed by atoms with Crippen LogP contribution in [0.3, 0.4) is 0 Å². The minimum Gasteiger partial charge on any atom is -0.357 e. The smallest absolute Gasteiger partial charge is 0.267 e. The molecule has 1 heterocycles. The molecule has 0 aliphatic carbocycles. The van der Waals surface area contributed by atoms with E-state index in [4.69, 9.17) is 0 Å². The van der Waals surface area contributed by atoms with Gasteiger partial charge in [0.15, 0.2) is 0 Å². The molecule has 0 fully saturated rings. The summed E-state index contributed by atoms with van der Waals surface area (Å²) >= 11 is 0. The summed E-state index contributed by atoms with van der Waals surface area (Å²) in [7, 11) is 0. The van der Waals surface area contributed by atoms with Crippen molar-refractivity contribution in [2.75, 3.05) is 6.54 Å². The van der Waals surface area contributed by atoms with Crippen molar-refractivity contribution in [2.45, 2.75) is 19.8 Å². The Hall–Kier alpha value is -1.25. The molecule has 0 saturated carbocycles. The van der Waals surface area contributed by atoms with Gasteiger partial charge < -0.3 is 10.3 Å². The average molecular weight is 166 g/mol. The number of hydrogen-bond donors (Lipinski definition) is 2. The van der Waals surface area contributed by atoms with Crippen molar-refractivity contribution in [1.29, 1.82) is 0 Å². The summed E-state index contributed by atoms with van der Waals surface area (Å²) in [5.41, 5.74) is 0.631. The fourth-order valence-electron chi connectivity index (χ4n) is 0.945. The molecule has 66 valence electrons. The van der Waals surface area contributed by atoms with Crippen LogP contribution in [-0.4, -0.2) is 17.4 Å². The predicted molar refractivity (Wildman–Crippen MR) is 48.0 cm³/mol. The van der Waals surface area contributed by atoms with Gasteiger partial charge in [-0.05, 0) is 18.6 Å². The highest BCUT2D eigenvalue weighted by Gasteiger charge is 2.02. The van der Waals surface area contributed by atoms with Crippen LogP contribution in [0.1, 0.15) is 30.3 Å². The average Bonchev–Trinajstić information content (AvgIpc) is 2.56. The van der Waals surface area contributed by atoms with Crippen LogP contribution in [0, 0.1) is 0 Å². The Labute approximate surface area is 72.2 Å². The summed E-state index contributed by atoms with van der Waals surface area (Å²) in [6, 6.07) is 3.58. The van der Waals surface area contributed by atoms with Crippen LogP contribution in [0.2, 0.25) is 0 Å². The largest absolute Gasteiger partial charge is 0.357 e. The van der Waals surface area contributed by atoms with Crippen LogP contribution in [0.25, 0.3) is 0 Å². The Bertz CT molecular complexity index is 229. The van der Waals surface area contributed by atoms with Crippen LogP contribution in [0.4, 0.5) is 0 Å². The van der Waals surface area contributed by atoms with Crippen LogP contribution in [-0.2, 0) is 0 Å². The highest BCUT2D eigenvalue weighted by Crippen LogP contribution is 1.93. The Kier molecular flexibility index (Phi) is 3.38. The van der Waals surface area contributed by atoms with Crippen LogP contribution < -0.4 is 5.32 Å². The number of carbonyl (C=O) groups excluding carboxylic acids is 1. The standard InChI is InChI=1S/C9H14N2O/c1-2-3-6-11-9(12)8-5-4-7-10-8/h4-5,7,10H,2-3,6H2,1H3,(H,11,12). The molecule has 1 aromatic rings. The Morgan fingerprint density at radius 3 is 3.08 bits per heavy atom. The van der Waals surface area contributed by atoms with Crippen LogP contribution in [0.15, 0.2) is 18.3 Å². The molecule has 0 atom stereocenters. The van der Waals surface area contributed by atoms with E-state index < -0.39 is 0 Å². The molecule has 0 saturated heterocycles. The van der Waals surface area contributed by atoms with Crippen molar-refractivity contribution in [2.24, 2.45) is 0 Å². The zero-order valence-electron chi connectivity index (χ0n) is 7.26. The molecule has 12 heavy (non-hydrogen) atoms. The maximum Gasteiger partial charge on any atom is 0.267 e. The number of unbranched alkanes of at least 4 members (excludes halogenated alkanes) is 1. The van der Waals surface area contributed by atoms with Gasteiger partial charge in [-0.15, -0.1) is 0 Å². The first-order valence-electron chi connectivity index (χ1n) is 4.26. The van der Waals surface area contributed by atoms with Gasteiger partial charge in [0.2, 0.25) is 0 Å². The first-order valence-corrected chi connectivity index (χ1v) is 4.26. The maximum absolute atomic E-state index is 11.2. The lowest BCUT2D eigenvalue weighted by atomic mass is 10.3. The third kappa shape index (κ3) is 2.42. The fourth-order valence-corrected chi connectivity index (χ4v) is 0.945. The van der Waals surface area contributed by atoms with E-state index in [1.807, 2.05) is 6.07 Å². The number of nitrogens with one attached hydrogen (secondary N) is 2. The lowest BCUT2D eigenvalue weighted by Crippen LogP contribution is -2.24. The third-order valence-electron chi connectivity index (χ3n) is 1.66. The summed E-state index contributed by atoms with van der Waals surface area (Å²) in [5, 5.41) is 2.82. The maximum atomic E-state index is 11.2. The van der Waals surface area contributed by atoms with Gasteiger partial charge in [0.25, 0.3) is 5.91 Å². The zero-order valence-corrected chi connectivity index (χ0v) is 7.26. The van der Waals surface area contributed by atoms with E-state index in [0.717, 1.165) is 19.4 Å². The summed E-state index contributed by atoms with van der Waals surface area (Å²) < 4.78 is 0. The molecule has 3 heteroatoms. The second-order valence-corrected chi connectivity index (χ2v) is 2.69. The normalized spacial score (nSPS) is 9.75. The summed E-state index contributed by atoms with van der Waals surface area (Å²) in [6.07, 6.45) is 3.88. The topological polar surface area (TPSA) is 44.9 Å². The fraction of sp³-hybridized carbons (Fsp3) is 0.444. The Morgan fingerprint density at radius 2 is 2.50 bits per heavy atom. The summed E-state index contributed by atoms with van der Waals surface area (Å²) in [5.74, 6) is -0.0200. The van der Waals surface area contributed by atoms with Gasteiger partial charge in [0.1, 0.15) is 5.69 Å². The molecule has 1 amide bonds. The van der Waals surface area contributed by atoms with E-state index in [2.05, 4.69) is 17.2 Å². The number of aromatic amines is 1. The summed E-state index contributed by atoms with van der Waals surface area (Å²) in [6.45, 7) is 2.86. The Balaban J connectivity index is 2.30. The molecule has 0 aliphatic heterocycles. The lowest BCUT2D eigenvalue weighted by Gasteiger charge is -2.00. The molecule has 0 unspecified atom stereocenters. The summed E-state index contributed by atoms with van der Waals surface area (Å²) in [4.78, 5) is 14.1. The second-order valence-electron chi connectivity index (χ2n) is 2.69. The van der Waals surface area contributed by atoms with E-state index in [0.29, 0.717) is 5.69 Å². The molecule has 1 aromatic heterocycles. The lowest BCUT2D eigenvalue weighted by molar-refractivity contribution is 0.0949. The van der Waals surface area contributed by atoms with Crippen molar-refractivity contribution in [1.82, 2.24) is 10.3 Å². The molecule has 2 N–H and O–H groups in total. The highest BCUT2D eigenvalue weighted by molar-refractivity contribution is 5.92. The molecule has 1 rings (SSSR count). The number of aromatic nitrogens is 1. The third-order valence-corrected chi connectivity index (χ3v) is 1.66. The molecular weight excluding hydrogens is 152 g/mol. The van der Waals surface area contributed by atoms with Gasteiger partial charge in [-0.2, -0.15) is 0 Å². The molecule has 0 radical (unpaired) electrons. The van der Waals surface area contributed by atoms with E-state index in [1.165, 1.54) is 0 Å². The molecule has 0 aliphatic rings. The van der Waals surface area contributed by atoms with E-state index in [-0.39, 0.29) is 5.91 Å². The number of hydrogen-bond acceptors (Lipinski definition) is 1. The Morgan fingerprint density at radius 1 is 1.67 bits per heavy atom. The van der Waals surface area contributed by atoms with E-state index in [9.17, 15) is 4.79 Å². The van der Waals surface area contributed by atoms with E-state index in [1.54, 1.807) is 12.3 Å². The van der Waals surface area contributed by atoms with Gasteiger partial charge in [0.05, 0.1) is 0 Å². The van der Waals surface area contributed by atoms with Crippen LogP contribution in [0.5, 0.6) is 0 Å². The van der Waals surface area contributed by atoms with Crippen molar-refractivity contribution < 1.29 is 4.79 Å². The number of rotatable bonds is 4. The minimum atomic E-state index is -0.0200. The van der Waals surface area contributed by atoms with Gasteiger partial charge in [0, 0.05) is 12.7 Å². The van der Waals surface area contributed by atoms with Gasteiger partial charge >= 0.3 is 0 Å². The molecule has 0 spiro atoms. The number of amides is 1. The van der Waals surface area contributed by atoms with Gasteiger partial charge in [-0.1, -0.05) is 13.3 Å². The first-order chi connectivity index (χ1) is 5.84. The van der Waals surface area contributed by atoms with Gasteiger partial charge in [-0.3, -0.25) is 4.79 Å².